The van der Waals surface area contributed by atoms with E-state index in [2.05, 4.69) is 0 Å². The summed E-state index contributed by atoms with van der Waals surface area (Å²) in [6.45, 7) is 3.17. The molecule has 90 valence electrons. The molecule has 0 radical (unpaired) electrons. The van der Waals surface area contributed by atoms with Crippen LogP contribution in [0.25, 0.3) is 0 Å². The Morgan fingerprint density at radius 2 is 1.81 bits per heavy atom. The van der Waals surface area contributed by atoms with Crippen LogP contribution in [0, 0.1) is 6.92 Å². The number of halogens is 3. The van der Waals surface area contributed by atoms with Crippen LogP contribution >= 0.6 is 11.8 Å². The summed E-state index contributed by atoms with van der Waals surface area (Å²) in [5, 5.41) is -1.56. The molecule has 2 unspecified atom stereocenters. The topological polar surface area (TPSA) is 26.0 Å². The first-order chi connectivity index (χ1) is 7.32. The fourth-order valence-electron chi connectivity index (χ4n) is 1.30. The van der Waals surface area contributed by atoms with Gasteiger partial charge in [-0.1, -0.05) is 18.2 Å². The lowest BCUT2D eigenvalue weighted by Crippen LogP contribution is -2.40. The van der Waals surface area contributed by atoms with Crippen molar-refractivity contribution in [1.82, 2.24) is 0 Å². The van der Waals surface area contributed by atoms with Gasteiger partial charge in [0.1, 0.15) is 5.25 Å². The van der Waals surface area contributed by atoms with Gasteiger partial charge >= 0.3 is 6.18 Å². The summed E-state index contributed by atoms with van der Waals surface area (Å²) in [6.07, 6.45) is -4.28. The average molecular weight is 249 g/mol. The van der Waals surface area contributed by atoms with Gasteiger partial charge in [0.2, 0.25) is 0 Å². The second kappa shape index (κ2) is 5.10. The Bertz CT molecular complexity index is 349. The van der Waals surface area contributed by atoms with E-state index in [1.807, 2.05) is 0 Å². The van der Waals surface area contributed by atoms with Crippen LogP contribution in [0.15, 0.2) is 29.2 Å². The Morgan fingerprint density at radius 3 is 2.25 bits per heavy atom. The first kappa shape index (κ1) is 13.4. The summed E-state index contributed by atoms with van der Waals surface area (Å²) in [5.74, 6) is 0. The molecule has 0 amide bonds. The largest absolute Gasteiger partial charge is 0.402 e. The monoisotopic (exact) mass is 249 g/mol. The van der Waals surface area contributed by atoms with Gasteiger partial charge in [0.15, 0.2) is 0 Å². The van der Waals surface area contributed by atoms with E-state index < -0.39 is 17.5 Å². The van der Waals surface area contributed by atoms with E-state index in [0.29, 0.717) is 4.90 Å². The number of alkyl halides is 3. The molecule has 0 aliphatic heterocycles. The first-order valence-electron chi connectivity index (χ1n) is 4.87. The molecule has 0 bridgehead atoms. The summed E-state index contributed by atoms with van der Waals surface area (Å²) < 4.78 is 38.1. The molecule has 5 heteroatoms. The van der Waals surface area contributed by atoms with Crippen LogP contribution in [0.4, 0.5) is 13.2 Å². The van der Waals surface area contributed by atoms with Crippen LogP contribution < -0.4 is 5.73 Å². The number of aryl methyl sites for hydroxylation is 1. The molecule has 1 aromatic carbocycles. The van der Waals surface area contributed by atoms with E-state index >= 15 is 0 Å². The Balaban J connectivity index is 2.89. The van der Waals surface area contributed by atoms with Crippen molar-refractivity contribution in [3.63, 3.8) is 0 Å². The molecular weight excluding hydrogens is 235 g/mol. The van der Waals surface area contributed by atoms with Gasteiger partial charge < -0.3 is 5.73 Å². The highest BCUT2D eigenvalue weighted by atomic mass is 32.2. The minimum atomic E-state index is -4.28. The fourth-order valence-corrected chi connectivity index (χ4v) is 2.33. The molecule has 1 rings (SSSR count). The summed E-state index contributed by atoms with van der Waals surface area (Å²) in [5.41, 5.74) is 6.22. The minimum absolute atomic E-state index is 0.627. The fraction of sp³-hybridized carbons (Fsp3) is 0.455. The van der Waals surface area contributed by atoms with Crippen molar-refractivity contribution < 1.29 is 13.2 Å². The van der Waals surface area contributed by atoms with Crippen LogP contribution in [-0.4, -0.2) is 17.5 Å². The van der Waals surface area contributed by atoms with E-state index in [0.717, 1.165) is 17.3 Å². The molecule has 0 aromatic heterocycles. The minimum Gasteiger partial charge on any atom is -0.327 e. The number of thioether (sulfide) groups is 1. The van der Waals surface area contributed by atoms with Gasteiger partial charge in [0.25, 0.3) is 0 Å². The van der Waals surface area contributed by atoms with Crippen LogP contribution in [0.3, 0.4) is 0 Å². The molecule has 1 nitrogen and oxygen atoms in total. The van der Waals surface area contributed by atoms with E-state index in [-0.39, 0.29) is 0 Å². The molecule has 0 aliphatic carbocycles. The Morgan fingerprint density at radius 1 is 1.25 bits per heavy atom. The van der Waals surface area contributed by atoms with Crippen molar-refractivity contribution in [2.75, 3.05) is 0 Å². The standard InChI is InChI=1S/C11H14F3NS/c1-7-5-3-4-6-9(7)16-10(8(2)15)11(12,13)14/h3-6,8,10H,15H2,1-2H3. The van der Waals surface area contributed by atoms with E-state index in [9.17, 15) is 13.2 Å². The van der Waals surface area contributed by atoms with Crippen LogP contribution in [0.2, 0.25) is 0 Å². The van der Waals surface area contributed by atoms with Crippen molar-refractivity contribution in [3.05, 3.63) is 29.8 Å². The average Bonchev–Trinajstić information content (AvgIpc) is 2.14. The van der Waals surface area contributed by atoms with Gasteiger partial charge in [0, 0.05) is 10.9 Å². The summed E-state index contributed by atoms with van der Waals surface area (Å²) >= 11 is 0.780. The zero-order chi connectivity index (χ0) is 12.3. The molecule has 2 N–H and O–H groups in total. The van der Waals surface area contributed by atoms with Crippen molar-refractivity contribution in [3.8, 4) is 0 Å². The lowest BCUT2D eigenvalue weighted by Gasteiger charge is -2.23. The third-order valence-electron chi connectivity index (χ3n) is 2.15. The quantitative estimate of drug-likeness (QED) is 0.831. The highest BCUT2D eigenvalue weighted by Crippen LogP contribution is 2.37. The molecule has 0 heterocycles. The van der Waals surface area contributed by atoms with Gasteiger partial charge in [0.05, 0.1) is 0 Å². The molecule has 2 atom stereocenters. The smallest absolute Gasteiger partial charge is 0.327 e. The van der Waals surface area contributed by atoms with E-state index in [4.69, 9.17) is 5.73 Å². The number of hydrogen-bond donors (Lipinski definition) is 1. The lowest BCUT2D eigenvalue weighted by atomic mass is 10.2. The van der Waals surface area contributed by atoms with E-state index in [1.165, 1.54) is 6.92 Å². The third kappa shape index (κ3) is 3.42. The number of nitrogens with two attached hydrogens (primary N) is 1. The second-order valence-corrected chi connectivity index (χ2v) is 4.89. The lowest BCUT2D eigenvalue weighted by molar-refractivity contribution is -0.131. The van der Waals surface area contributed by atoms with Gasteiger partial charge in [-0.2, -0.15) is 13.2 Å². The molecule has 0 saturated heterocycles. The van der Waals surface area contributed by atoms with Crippen molar-refractivity contribution in [1.29, 1.82) is 0 Å². The highest BCUT2D eigenvalue weighted by Gasteiger charge is 2.42. The summed E-state index contributed by atoms with van der Waals surface area (Å²) in [4.78, 5) is 0.627. The van der Waals surface area contributed by atoms with Crippen molar-refractivity contribution in [2.45, 2.75) is 36.2 Å². The van der Waals surface area contributed by atoms with Gasteiger partial charge in [-0.05, 0) is 25.5 Å². The molecule has 0 spiro atoms. The Hall–Kier alpha value is -0.680. The summed E-state index contributed by atoms with van der Waals surface area (Å²) in [6, 6.07) is 6.07. The molecule has 0 fully saturated rings. The maximum Gasteiger partial charge on any atom is 0.402 e. The second-order valence-electron chi connectivity index (χ2n) is 3.70. The van der Waals surface area contributed by atoms with Crippen molar-refractivity contribution in [2.24, 2.45) is 5.73 Å². The molecule has 0 saturated carbocycles. The maximum absolute atomic E-state index is 12.7. The SMILES string of the molecule is Cc1ccccc1SC(C(C)N)C(F)(F)F. The first-order valence-corrected chi connectivity index (χ1v) is 5.75. The number of hydrogen-bond acceptors (Lipinski definition) is 2. The predicted octanol–water partition coefficient (Wildman–Crippen LogP) is 3.37. The Labute approximate surface area is 97.2 Å². The van der Waals surface area contributed by atoms with Gasteiger partial charge in [-0.3, -0.25) is 0 Å². The highest BCUT2D eigenvalue weighted by molar-refractivity contribution is 8.00. The van der Waals surface area contributed by atoms with Crippen molar-refractivity contribution >= 4 is 11.8 Å². The number of rotatable bonds is 3. The number of benzene rings is 1. The van der Waals surface area contributed by atoms with Crippen LogP contribution in [-0.2, 0) is 0 Å². The molecule has 16 heavy (non-hydrogen) atoms. The summed E-state index contributed by atoms with van der Waals surface area (Å²) in [7, 11) is 0. The normalized spacial score (nSPS) is 15.9. The zero-order valence-corrected chi connectivity index (χ0v) is 9.90. The zero-order valence-electron chi connectivity index (χ0n) is 9.08. The van der Waals surface area contributed by atoms with Gasteiger partial charge in [-0.25, -0.2) is 0 Å². The van der Waals surface area contributed by atoms with Gasteiger partial charge in [-0.15, -0.1) is 11.8 Å². The molecule has 1 aromatic rings. The maximum atomic E-state index is 12.7. The predicted molar refractivity (Wildman–Crippen MR) is 60.5 cm³/mol. The molecular formula is C11H14F3NS. The van der Waals surface area contributed by atoms with E-state index in [1.54, 1.807) is 31.2 Å². The Kier molecular flexibility index (Phi) is 4.27. The molecule has 0 aliphatic rings. The van der Waals surface area contributed by atoms with Crippen LogP contribution in [0.5, 0.6) is 0 Å². The third-order valence-corrected chi connectivity index (χ3v) is 3.81. The van der Waals surface area contributed by atoms with Crippen LogP contribution in [0.1, 0.15) is 12.5 Å².